The van der Waals surface area contributed by atoms with Gasteiger partial charge in [0, 0.05) is 0 Å². The van der Waals surface area contributed by atoms with Crippen LogP contribution in [-0.4, -0.2) is 11.7 Å². The fourth-order valence-electron chi connectivity index (χ4n) is 1.61. The van der Waals surface area contributed by atoms with Gasteiger partial charge in [0.05, 0.1) is 0 Å². The molecule has 0 amide bonds. The highest BCUT2D eigenvalue weighted by molar-refractivity contribution is 5.30. The molecule has 0 N–H and O–H groups in total. The minimum atomic E-state index is -1.09. The van der Waals surface area contributed by atoms with E-state index in [0.29, 0.717) is 0 Å². The highest BCUT2D eigenvalue weighted by atomic mass is 16.6. The molecule has 1 aliphatic heterocycles. The minimum absolute atomic E-state index is 0.126. The van der Waals surface area contributed by atoms with Gasteiger partial charge in [0.2, 0.25) is 0 Å². The van der Waals surface area contributed by atoms with Crippen molar-refractivity contribution in [1.82, 2.24) is 0 Å². The predicted octanol–water partition coefficient (Wildman–Crippen LogP) is 2.53. The van der Waals surface area contributed by atoms with Gasteiger partial charge < -0.3 is 4.74 Å². The Balaban J connectivity index is 2.07. The summed E-state index contributed by atoms with van der Waals surface area (Å²) in [5.74, 6) is 0. The summed E-state index contributed by atoms with van der Waals surface area (Å²) in [5, 5.41) is 17.3. The second-order valence-corrected chi connectivity index (χ2v) is 3.77. The van der Waals surface area contributed by atoms with Crippen molar-refractivity contribution in [2.45, 2.75) is 57.2 Å². The molecule has 0 aromatic heterocycles. The zero-order valence-electron chi connectivity index (χ0n) is 8.62. The van der Waals surface area contributed by atoms with Crippen LogP contribution in [0.2, 0.25) is 0 Å². The fraction of sp³-hybridized carbons (Fsp3) is 0.818. The number of nitrogens with zero attached hydrogens (tertiary/aromatic N) is 2. The average Bonchev–Trinajstić information content (AvgIpc) is 2.92. The van der Waals surface area contributed by atoms with E-state index in [1.807, 2.05) is 12.1 Å². The molecule has 1 fully saturated rings. The van der Waals surface area contributed by atoms with Crippen LogP contribution in [0, 0.1) is 22.7 Å². The Labute approximate surface area is 85.3 Å². The van der Waals surface area contributed by atoms with Crippen LogP contribution in [0.3, 0.4) is 0 Å². The van der Waals surface area contributed by atoms with Crippen molar-refractivity contribution in [3.63, 3.8) is 0 Å². The van der Waals surface area contributed by atoms with E-state index in [4.69, 9.17) is 15.3 Å². The number of epoxide rings is 1. The van der Waals surface area contributed by atoms with Crippen molar-refractivity contribution in [1.29, 1.82) is 10.5 Å². The lowest BCUT2D eigenvalue weighted by Crippen LogP contribution is -2.08. The van der Waals surface area contributed by atoms with Crippen molar-refractivity contribution in [2.75, 3.05) is 0 Å². The van der Waals surface area contributed by atoms with E-state index >= 15 is 0 Å². The molecule has 0 spiro atoms. The molecule has 3 nitrogen and oxygen atoms in total. The lowest BCUT2D eigenvalue weighted by atomic mass is 10.0. The maximum atomic E-state index is 8.67. The molecule has 1 unspecified atom stereocenters. The summed E-state index contributed by atoms with van der Waals surface area (Å²) in [6, 6.07) is 3.84. The van der Waals surface area contributed by atoms with Gasteiger partial charge in [-0.2, -0.15) is 10.5 Å². The second kappa shape index (κ2) is 4.98. The SMILES string of the molecule is CCCCCCCC1OC1(C#N)C#N. The summed E-state index contributed by atoms with van der Waals surface area (Å²) in [5.41, 5.74) is -1.09. The Hall–Kier alpha value is -1.06. The summed E-state index contributed by atoms with van der Waals surface area (Å²) in [6.45, 7) is 2.18. The standard InChI is InChI=1S/C11H16N2O/c1-2-3-4-5-6-7-10-11(8-12,9-13)14-10/h10H,2-7H2,1H3. The van der Waals surface area contributed by atoms with Crippen LogP contribution in [0.1, 0.15) is 45.4 Å². The minimum Gasteiger partial charge on any atom is -0.337 e. The highest BCUT2D eigenvalue weighted by Crippen LogP contribution is 2.38. The van der Waals surface area contributed by atoms with Gasteiger partial charge in [0.1, 0.15) is 18.2 Å². The molecule has 0 aromatic rings. The zero-order valence-corrected chi connectivity index (χ0v) is 8.62. The molecule has 0 aliphatic carbocycles. The number of hydrogen-bond acceptors (Lipinski definition) is 3. The summed E-state index contributed by atoms with van der Waals surface area (Å²) < 4.78 is 5.09. The fourth-order valence-corrected chi connectivity index (χ4v) is 1.61. The number of nitriles is 2. The van der Waals surface area contributed by atoms with Crippen LogP contribution in [0.15, 0.2) is 0 Å². The molecule has 14 heavy (non-hydrogen) atoms. The van der Waals surface area contributed by atoms with Gasteiger partial charge in [-0.1, -0.05) is 39.0 Å². The number of hydrogen-bond donors (Lipinski definition) is 0. The first kappa shape index (κ1) is 11.0. The molecule has 76 valence electrons. The highest BCUT2D eigenvalue weighted by Gasteiger charge is 2.57. The Morgan fingerprint density at radius 2 is 1.79 bits per heavy atom. The molecule has 0 bridgehead atoms. The first-order valence-electron chi connectivity index (χ1n) is 5.29. The monoisotopic (exact) mass is 192 g/mol. The van der Waals surface area contributed by atoms with Crippen LogP contribution < -0.4 is 0 Å². The molecule has 3 heteroatoms. The van der Waals surface area contributed by atoms with Gasteiger partial charge in [0.15, 0.2) is 0 Å². The van der Waals surface area contributed by atoms with Gasteiger partial charge in [-0.25, -0.2) is 0 Å². The maximum absolute atomic E-state index is 8.67. The Morgan fingerprint density at radius 3 is 2.29 bits per heavy atom. The largest absolute Gasteiger partial charge is 0.337 e. The van der Waals surface area contributed by atoms with Crippen LogP contribution in [0.4, 0.5) is 0 Å². The first-order chi connectivity index (χ1) is 6.79. The van der Waals surface area contributed by atoms with Crippen LogP contribution >= 0.6 is 0 Å². The molecular weight excluding hydrogens is 176 g/mol. The zero-order chi connectivity index (χ0) is 10.4. The average molecular weight is 192 g/mol. The van der Waals surface area contributed by atoms with Gasteiger partial charge in [0.25, 0.3) is 5.60 Å². The van der Waals surface area contributed by atoms with E-state index in [1.54, 1.807) is 0 Å². The van der Waals surface area contributed by atoms with E-state index < -0.39 is 5.60 Å². The van der Waals surface area contributed by atoms with E-state index in [1.165, 1.54) is 25.7 Å². The topological polar surface area (TPSA) is 60.1 Å². The van der Waals surface area contributed by atoms with Gasteiger partial charge in [-0.05, 0) is 6.42 Å². The van der Waals surface area contributed by atoms with E-state index in [2.05, 4.69) is 6.92 Å². The summed E-state index contributed by atoms with van der Waals surface area (Å²) in [6.07, 6.45) is 6.73. The maximum Gasteiger partial charge on any atom is 0.268 e. The number of unbranched alkanes of at least 4 members (excludes halogenated alkanes) is 4. The van der Waals surface area contributed by atoms with Gasteiger partial charge in [-0.3, -0.25) is 0 Å². The summed E-state index contributed by atoms with van der Waals surface area (Å²) in [4.78, 5) is 0. The third kappa shape index (κ3) is 2.47. The van der Waals surface area contributed by atoms with Gasteiger partial charge in [-0.15, -0.1) is 0 Å². The lowest BCUT2D eigenvalue weighted by Gasteiger charge is -1.97. The second-order valence-electron chi connectivity index (χ2n) is 3.77. The van der Waals surface area contributed by atoms with Crippen molar-refractivity contribution < 1.29 is 4.74 Å². The van der Waals surface area contributed by atoms with Crippen molar-refractivity contribution >= 4 is 0 Å². The molecular formula is C11H16N2O. The van der Waals surface area contributed by atoms with Crippen LogP contribution in [-0.2, 0) is 4.74 Å². The van der Waals surface area contributed by atoms with E-state index in [-0.39, 0.29) is 6.10 Å². The molecule has 1 saturated heterocycles. The number of ether oxygens (including phenoxy) is 1. The molecule has 0 saturated carbocycles. The normalized spacial score (nSPS) is 22.4. The molecule has 1 atom stereocenters. The summed E-state index contributed by atoms with van der Waals surface area (Å²) >= 11 is 0. The third-order valence-corrected chi connectivity index (χ3v) is 2.63. The molecule has 0 radical (unpaired) electrons. The van der Waals surface area contributed by atoms with Gasteiger partial charge >= 0.3 is 0 Å². The third-order valence-electron chi connectivity index (χ3n) is 2.63. The van der Waals surface area contributed by atoms with E-state index in [0.717, 1.165) is 12.8 Å². The molecule has 1 aliphatic rings. The summed E-state index contributed by atoms with van der Waals surface area (Å²) in [7, 11) is 0. The predicted molar refractivity (Wildman–Crippen MR) is 52.2 cm³/mol. The van der Waals surface area contributed by atoms with Crippen molar-refractivity contribution in [2.24, 2.45) is 0 Å². The molecule has 1 heterocycles. The van der Waals surface area contributed by atoms with Crippen LogP contribution in [0.5, 0.6) is 0 Å². The first-order valence-corrected chi connectivity index (χ1v) is 5.29. The van der Waals surface area contributed by atoms with Crippen molar-refractivity contribution in [3.8, 4) is 12.1 Å². The van der Waals surface area contributed by atoms with Crippen molar-refractivity contribution in [3.05, 3.63) is 0 Å². The number of rotatable bonds is 6. The smallest absolute Gasteiger partial charge is 0.268 e. The Morgan fingerprint density at radius 1 is 1.14 bits per heavy atom. The lowest BCUT2D eigenvalue weighted by molar-refractivity contribution is 0.354. The molecule has 1 rings (SSSR count). The van der Waals surface area contributed by atoms with Crippen LogP contribution in [0.25, 0.3) is 0 Å². The van der Waals surface area contributed by atoms with E-state index in [9.17, 15) is 0 Å². The Kier molecular flexibility index (Phi) is 3.92. The Bertz CT molecular complexity index is 247. The quantitative estimate of drug-likeness (QED) is 0.480. The molecule has 0 aromatic carbocycles.